The molecule has 2 rings (SSSR count). The van der Waals surface area contributed by atoms with Crippen LogP contribution in [-0.2, 0) is 6.54 Å². The lowest BCUT2D eigenvalue weighted by atomic mass is 10.1. The topological polar surface area (TPSA) is 29.3 Å². The lowest BCUT2D eigenvalue weighted by Crippen LogP contribution is -2.28. The molecule has 0 amide bonds. The summed E-state index contributed by atoms with van der Waals surface area (Å²) in [4.78, 5) is 2.47. The Morgan fingerprint density at radius 1 is 1.39 bits per heavy atom. The van der Waals surface area contributed by atoms with Crippen LogP contribution in [0.4, 0.5) is 5.69 Å². The van der Waals surface area contributed by atoms with Gasteiger partial charge in [0, 0.05) is 19.1 Å². The quantitative estimate of drug-likeness (QED) is 0.848. The number of anilines is 1. The molecule has 1 aliphatic rings. The van der Waals surface area contributed by atoms with Gasteiger partial charge in [-0.3, -0.25) is 0 Å². The van der Waals surface area contributed by atoms with Crippen molar-refractivity contribution in [2.75, 3.05) is 11.4 Å². The minimum Gasteiger partial charge on any atom is -0.367 e. The number of benzene rings is 1. The van der Waals surface area contributed by atoms with E-state index in [0.717, 1.165) is 23.0 Å². The van der Waals surface area contributed by atoms with Gasteiger partial charge in [-0.1, -0.05) is 31.5 Å². The molecule has 1 saturated carbocycles. The Balaban J connectivity index is 2.14. The van der Waals surface area contributed by atoms with Crippen LogP contribution in [0.25, 0.3) is 0 Å². The van der Waals surface area contributed by atoms with E-state index < -0.39 is 0 Å². The van der Waals surface area contributed by atoms with Gasteiger partial charge in [-0.25, -0.2) is 0 Å². The summed E-state index contributed by atoms with van der Waals surface area (Å²) in [6, 6.07) is 6.92. The maximum Gasteiger partial charge on any atom is 0.0642 e. The van der Waals surface area contributed by atoms with Crippen LogP contribution < -0.4 is 10.6 Å². The van der Waals surface area contributed by atoms with Gasteiger partial charge in [-0.15, -0.1) is 0 Å². The lowest BCUT2D eigenvalue weighted by molar-refractivity contribution is 0.571. The fourth-order valence-electron chi connectivity index (χ4n) is 2.19. The minimum atomic E-state index is 0.551. The maximum absolute atomic E-state index is 6.39. The van der Waals surface area contributed by atoms with Crippen molar-refractivity contribution in [3.05, 3.63) is 28.8 Å². The molecule has 3 heteroatoms. The van der Waals surface area contributed by atoms with Crippen molar-refractivity contribution in [2.24, 2.45) is 11.7 Å². The van der Waals surface area contributed by atoms with Crippen LogP contribution in [0.1, 0.15) is 38.7 Å². The van der Waals surface area contributed by atoms with Crippen molar-refractivity contribution in [1.29, 1.82) is 0 Å². The maximum atomic E-state index is 6.39. The molecule has 0 saturated heterocycles. The highest BCUT2D eigenvalue weighted by atomic mass is 35.5. The van der Waals surface area contributed by atoms with E-state index in [1.54, 1.807) is 0 Å². The molecule has 0 unspecified atom stereocenters. The lowest BCUT2D eigenvalue weighted by Gasteiger charge is -2.27. The largest absolute Gasteiger partial charge is 0.367 e. The van der Waals surface area contributed by atoms with Crippen molar-refractivity contribution in [3.8, 4) is 0 Å². The molecule has 0 heterocycles. The first kappa shape index (κ1) is 13.7. The SMILES string of the molecule is CC(C)CCN(c1ccc(CN)cc1Cl)C1CC1. The van der Waals surface area contributed by atoms with E-state index in [4.69, 9.17) is 17.3 Å². The van der Waals surface area contributed by atoms with Crippen molar-refractivity contribution < 1.29 is 0 Å². The fourth-order valence-corrected chi connectivity index (χ4v) is 2.51. The second-order valence-corrected chi connectivity index (χ2v) is 6.00. The molecule has 2 nitrogen and oxygen atoms in total. The summed E-state index contributed by atoms with van der Waals surface area (Å²) in [6.45, 7) is 6.19. The first-order valence-corrected chi connectivity index (χ1v) is 7.24. The zero-order valence-corrected chi connectivity index (χ0v) is 12.1. The number of rotatable bonds is 6. The summed E-state index contributed by atoms with van der Waals surface area (Å²) in [6.07, 6.45) is 3.81. The third-order valence-electron chi connectivity index (χ3n) is 3.49. The second kappa shape index (κ2) is 5.94. The van der Waals surface area contributed by atoms with Crippen molar-refractivity contribution in [2.45, 2.75) is 45.7 Å². The first-order chi connectivity index (χ1) is 8.61. The van der Waals surface area contributed by atoms with Gasteiger partial charge in [0.15, 0.2) is 0 Å². The Hall–Kier alpha value is -0.730. The average Bonchev–Trinajstić information content (AvgIpc) is 3.15. The van der Waals surface area contributed by atoms with Crippen LogP contribution in [0.5, 0.6) is 0 Å². The van der Waals surface area contributed by atoms with Crippen LogP contribution in [0.15, 0.2) is 18.2 Å². The van der Waals surface area contributed by atoms with E-state index in [1.807, 2.05) is 6.07 Å². The number of hydrogen-bond acceptors (Lipinski definition) is 2. The molecule has 18 heavy (non-hydrogen) atoms. The molecular formula is C15H23ClN2. The standard InChI is InChI=1S/C15H23ClN2/c1-11(2)7-8-18(13-4-5-13)15-6-3-12(10-17)9-14(15)16/h3,6,9,11,13H,4-5,7-8,10,17H2,1-2H3. The Morgan fingerprint density at radius 3 is 2.61 bits per heavy atom. The van der Waals surface area contributed by atoms with Gasteiger partial charge in [0.1, 0.15) is 0 Å². The molecule has 0 aliphatic heterocycles. The normalized spacial score (nSPS) is 15.2. The van der Waals surface area contributed by atoms with Gasteiger partial charge in [-0.2, -0.15) is 0 Å². The molecule has 1 aliphatic carbocycles. The highest BCUT2D eigenvalue weighted by Gasteiger charge is 2.30. The summed E-state index contributed by atoms with van der Waals surface area (Å²) >= 11 is 6.39. The van der Waals surface area contributed by atoms with E-state index in [9.17, 15) is 0 Å². The van der Waals surface area contributed by atoms with Crippen LogP contribution >= 0.6 is 11.6 Å². The predicted octanol–water partition coefficient (Wildman–Crippen LogP) is 3.81. The summed E-state index contributed by atoms with van der Waals surface area (Å²) in [5.41, 5.74) is 7.92. The molecular weight excluding hydrogens is 244 g/mol. The van der Waals surface area contributed by atoms with Crippen LogP contribution in [-0.4, -0.2) is 12.6 Å². The predicted molar refractivity (Wildman–Crippen MR) is 79.2 cm³/mol. The van der Waals surface area contributed by atoms with Gasteiger partial charge in [0.05, 0.1) is 10.7 Å². The third-order valence-corrected chi connectivity index (χ3v) is 3.79. The summed E-state index contributed by atoms with van der Waals surface area (Å²) in [7, 11) is 0. The van der Waals surface area contributed by atoms with E-state index in [2.05, 4.69) is 30.9 Å². The van der Waals surface area contributed by atoms with Gasteiger partial charge < -0.3 is 10.6 Å². The summed E-state index contributed by atoms with van der Waals surface area (Å²) < 4.78 is 0. The number of nitrogens with zero attached hydrogens (tertiary/aromatic N) is 1. The van der Waals surface area contributed by atoms with E-state index in [1.165, 1.54) is 24.9 Å². The first-order valence-electron chi connectivity index (χ1n) is 6.87. The molecule has 1 fully saturated rings. The summed E-state index contributed by atoms with van der Waals surface area (Å²) in [5.74, 6) is 0.730. The van der Waals surface area contributed by atoms with Crippen molar-refractivity contribution in [1.82, 2.24) is 0 Å². The summed E-state index contributed by atoms with van der Waals surface area (Å²) in [5, 5.41) is 0.841. The van der Waals surface area contributed by atoms with Gasteiger partial charge in [-0.05, 0) is 42.9 Å². The van der Waals surface area contributed by atoms with Gasteiger partial charge in [0.25, 0.3) is 0 Å². The Bertz CT molecular complexity index is 399. The Kier molecular flexibility index (Phi) is 4.52. The zero-order valence-electron chi connectivity index (χ0n) is 11.3. The monoisotopic (exact) mass is 266 g/mol. The average molecular weight is 267 g/mol. The van der Waals surface area contributed by atoms with Gasteiger partial charge in [0.2, 0.25) is 0 Å². The molecule has 2 N–H and O–H groups in total. The molecule has 0 radical (unpaired) electrons. The molecule has 0 bridgehead atoms. The number of hydrogen-bond donors (Lipinski definition) is 1. The fraction of sp³-hybridized carbons (Fsp3) is 0.600. The van der Waals surface area contributed by atoms with Crippen LogP contribution in [0.3, 0.4) is 0 Å². The molecule has 0 spiro atoms. The minimum absolute atomic E-state index is 0.551. The molecule has 1 aromatic rings. The van der Waals surface area contributed by atoms with Crippen LogP contribution in [0.2, 0.25) is 5.02 Å². The van der Waals surface area contributed by atoms with E-state index in [-0.39, 0.29) is 0 Å². The van der Waals surface area contributed by atoms with Crippen molar-refractivity contribution >= 4 is 17.3 Å². The second-order valence-electron chi connectivity index (χ2n) is 5.60. The number of halogens is 1. The number of nitrogens with two attached hydrogens (primary N) is 1. The molecule has 1 aromatic carbocycles. The Morgan fingerprint density at radius 2 is 2.11 bits per heavy atom. The highest BCUT2D eigenvalue weighted by Crippen LogP contribution is 2.36. The smallest absolute Gasteiger partial charge is 0.0642 e. The van der Waals surface area contributed by atoms with Gasteiger partial charge >= 0.3 is 0 Å². The highest BCUT2D eigenvalue weighted by molar-refractivity contribution is 6.33. The van der Waals surface area contributed by atoms with E-state index >= 15 is 0 Å². The van der Waals surface area contributed by atoms with Crippen molar-refractivity contribution in [3.63, 3.8) is 0 Å². The molecule has 0 atom stereocenters. The van der Waals surface area contributed by atoms with E-state index in [0.29, 0.717) is 12.6 Å². The zero-order chi connectivity index (χ0) is 13.1. The third kappa shape index (κ3) is 3.39. The molecule has 100 valence electrons. The van der Waals surface area contributed by atoms with Crippen LogP contribution in [0, 0.1) is 5.92 Å². The molecule has 0 aromatic heterocycles. The Labute approximate surface area is 115 Å².